The van der Waals surface area contributed by atoms with Gasteiger partial charge in [0.05, 0.1) is 5.02 Å². The molecule has 0 amide bonds. The molecule has 1 aromatic rings. The maximum absolute atomic E-state index is 10.1. The Balaban J connectivity index is 2.36. The smallest absolute Gasteiger partial charge is 0.211 e. The second kappa shape index (κ2) is 2.70. The molecule has 0 aromatic carbocycles. The van der Waals surface area contributed by atoms with Gasteiger partial charge in [0, 0.05) is 10.3 Å². The van der Waals surface area contributed by atoms with Crippen molar-refractivity contribution in [3.05, 3.63) is 21.3 Å². The lowest BCUT2D eigenvalue weighted by atomic mass is 10.2. The molecule has 62 valence electrons. The third kappa shape index (κ3) is 1.20. The van der Waals surface area contributed by atoms with Gasteiger partial charge in [0.15, 0.2) is 0 Å². The summed E-state index contributed by atoms with van der Waals surface area (Å²) in [4.78, 5) is 15.0. The Hall–Kier alpha value is -0.630. The molecule has 2 rings (SSSR count). The summed E-state index contributed by atoms with van der Waals surface area (Å²) in [6.45, 7) is 0. The highest BCUT2D eigenvalue weighted by Crippen LogP contribution is 2.51. The molecule has 1 aliphatic carbocycles. The molecule has 1 saturated carbocycles. The third-order valence-corrected chi connectivity index (χ3v) is 3.48. The summed E-state index contributed by atoms with van der Waals surface area (Å²) >= 11 is 7.32. The van der Waals surface area contributed by atoms with E-state index in [-0.39, 0.29) is 5.54 Å². The number of hydrogen-bond donors (Lipinski definition) is 0. The van der Waals surface area contributed by atoms with Crippen molar-refractivity contribution in [2.24, 2.45) is 4.99 Å². The average Bonchev–Trinajstić information content (AvgIpc) is 2.69. The largest absolute Gasteiger partial charge is 0.235 e. The van der Waals surface area contributed by atoms with Crippen molar-refractivity contribution in [2.75, 3.05) is 0 Å². The van der Waals surface area contributed by atoms with E-state index < -0.39 is 0 Å². The Bertz CT molecular complexity index is 350. The van der Waals surface area contributed by atoms with Crippen LogP contribution in [-0.2, 0) is 10.3 Å². The van der Waals surface area contributed by atoms with Crippen LogP contribution >= 0.6 is 22.9 Å². The first-order valence-corrected chi connectivity index (χ1v) is 4.86. The van der Waals surface area contributed by atoms with Gasteiger partial charge < -0.3 is 0 Å². The number of thiophene rings is 1. The molecule has 1 aliphatic rings. The zero-order chi connectivity index (χ0) is 8.60. The molecule has 0 saturated heterocycles. The lowest BCUT2D eigenvalue weighted by molar-refractivity contribution is 0.557. The molecule has 0 unspecified atom stereocenters. The van der Waals surface area contributed by atoms with E-state index in [1.165, 1.54) is 0 Å². The maximum atomic E-state index is 10.1. The molecule has 1 fully saturated rings. The molecule has 1 aromatic heterocycles. The van der Waals surface area contributed by atoms with E-state index in [1.807, 2.05) is 11.4 Å². The van der Waals surface area contributed by atoms with Crippen LogP contribution in [0, 0.1) is 0 Å². The first-order valence-electron chi connectivity index (χ1n) is 3.60. The summed E-state index contributed by atoms with van der Waals surface area (Å²) in [5.74, 6) is 0. The fourth-order valence-electron chi connectivity index (χ4n) is 1.18. The fraction of sp³-hybridized carbons (Fsp3) is 0.375. The van der Waals surface area contributed by atoms with Gasteiger partial charge in [0.1, 0.15) is 5.54 Å². The topological polar surface area (TPSA) is 29.4 Å². The second-order valence-electron chi connectivity index (χ2n) is 2.86. The van der Waals surface area contributed by atoms with Crippen molar-refractivity contribution in [1.82, 2.24) is 0 Å². The van der Waals surface area contributed by atoms with Crippen LogP contribution in [0.4, 0.5) is 0 Å². The van der Waals surface area contributed by atoms with Gasteiger partial charge in [-0.15, -0.1) is 11.3 Å². The first kappa shape index (κ1) is 7.99. The number of aliphatic imine (C=N–C) groups is 1. The van der Waals surface area contributed by atoms with Crippen LogP contribution in [0.5, 0.6) is 0 Å². The summed E-state index contributed by atoms with van der Waals surface area (Å²) in [7, 11) is 0. The van der Waals surface area contributed by atoms with Crippen LogP contribution < -0.4 is 0 Å². The van der Waals surface area contributed by atoms with Gasteiger partial charge in [0.2, 0.25) is 6.08 Å². The van der Waals surface area contributed by atoms with Crippen LogP contribution in [0.3, 0.4) is 0 Å². The van der Waals surface area contributed by atoms with E-state index in [0.29, 0.717) is 0 Å². The molecule has 2 nitrogen and oxygen atoms in total. The summed E-state index contributed by atoms with van der Waals surface area (Å²) < 4.78 is 0. The van der Waals surface area contributed by atoms with E-state index in [1.54, 1.807) is 17.4 Å². The quantitative estimate of drug-likeness (QED) is 0.532. The predicted octanol–water partition coefficient (Wildman–Crippen LogP) is 2.73. The highest BCUT2D eigenvalue weighted by molar-refractivity contribution is 7.10. The number of carbonyl (C=O) groups excluding carboxylic acids is 1. The van der Waals surface area contributed by atoms with Crippen molar-refractivity contribution in [3.8, 4) is 0 Å². The number of rotatable bonds is 2. The van der Waals surface area contributed by atoms with E-state index in [2.05, 4.69) is 4.99 Å². The Labute approximate surface area is 78.9 Å². The van der Waals surface area contributed by atoms with Gasteiger partial charge in [-0.05, 0) is 18.9 Å². The van der Waals surface area contributed by atoms with Crippen LogP contribution in [0.25, 0.3) is 0 Å². The molecule has 1 heterocycles. The molecule has 0 N–H and O–H groups in total. The van der Waals surface area contributed by atoms with Gasteiger partial charge in [-0.25, -0.2) is 4.79 Å². The summed E-state index contributed by atoms with van der Waals surface area (Å²) in [5, 5.41) is 2.58. The molecular weight excluding hydrogens is 194 g/mol. The van der Waals surface area contributed by atoms with Gasteiger partial charge in [-0.1, -0.05) is 11.6 Å². The Morgan fingerprint density at radius 3 is 2.83 bits per heavy atom. The van der Waals surface area contributed by atoms with Crippen LogP contribution in [0.1, 0.15) is 17.7 Å². The normalized spacial score (nSPS) is 18.4. The minimum absolute atomic E-state index is 0.250. The standard InChI is InChI=1S/C8H6ClNOS/c9-6-3-7(12-4-6)8(1-2-8)10-5-11/h3-4H,1-2H2. The Kier molecular flexibility index (Phi) is 1.80. The zero-order valence-electron chi connectivity index (χ0n) is 6.21. The number of hydrogen-bond acceptors (Lipinski definition) is 3. The highest BCUT2D eigenvalue weighted by atomic mass is 35.5. The van der Waals surface area contributed by atoms with E-state index in [4.69, 9.17) is 11.6 Å². The number of halogens is 1. The van der Waals surface area contributed by atoms with Gasteiger partial charge in [-0.3, -0.25) is 0 Å². The van der Waals surface area contributed by atoms with Crippen molar-refractivity contribution in [1.29, 1.82) is 0 Å². The molecule has 0 aliphatic heterocycles. The number of isocyanates is 1. The molecule has 0 atom stereocenters. The molecule has 12 heavy (non-hydrogen) atoms. The molecule has 0 bridgehead atoms. The van der Waals surface area contributed by atoms with Crippen molar-refractivity contribution in [2.45, 2.75) is 18.4 Å². The van der Waals surface area contributed by atoms with Crippen molar-refractivity contribution >= 4 is 29.0 Å². The number of nitrogens with zero attached hydrogens (tertiary/aromatic N) is 1. The minimum atomic E-state index is -0.250. The molecule has 0 spiro atoms. The Morgan fingerprint density at radius 2 is 2.42 bits per heavy atom. The summed E-state index contributed by atoms with van der Waals surface area (Å²) in [6, 6.07) is 1.88. The van der Waals surface area contributed by atoms with E-state index in [0.717, 1.165) is 22.7 Å². The molecule has 0 radical (unpaired) electrons. The average molecular weight is 200 g/mol. The first-order chi connectivity index (χ1) is 5.77. The lowest BCUT2D eigenvalue weighted by Crippen LogP contribution is -1.97. The fourth-order valence-corrected chi connectivity index (χ4v) is 2.46. The van der Waals surface area contributed by atoms with Gasteiger partial charge >= 0.3 is 0 Å². The van der Waals surface area contributed by atoms with Crippen molar-refractivity contribution in [3.63, 3.8) is 0 Å². The van der Waals surface area contributed by atoms with Crippen LogP contribution in [0.2, 0.25) is 5.02 Å². The zero-order valence-corrected chi connectivity index (χ0v) is 7.78. The summed E-state index contributed by atoms with van der Waals surface area (Å²) in [5.41, 5.74) is -0.250. The van der Waals surface area contributed by atoms with E-state index in [9.17, 15) is 4.79 Å². The maximum Gasteiger partial charge on any atom is 0.235 e. The van der Waals surface area contributed by atoms with Crippen LogP contribution in [-0.4, -0.2) is 6.08 Å². The monoisotopic (exact) mass is 199 g/mol. The van der Waals surface area contributed by atoms with Crippen molar-refractivity contribution < 1.29 is 4.79 Å². The lowest BCUT2D eigenvalue weighted by Gasteiger charge is -2.01. The predicted molar refractivity (Wildman–Crippen MR) is 48.4 cm³/mol. The second-order valence-corrected chi connectivity index (χ2v) is 4.21. The minimum Gasteiger partial charge on any atom is -0.211 e. The van der Waals surface area contributed by atoms with Gasteiger partial charge in [-0.2, -0.15) is 4.99 Å². The molecular formula is C8H6ClNOS. The highest BCUT2D eigenvalue weighted by Gasteiger charge is 2.45. The molecule has 4 heteroatoms. The van der Waals surface area contributed by atoms with E-state index >= 15 is 0 Å². The summed E-state index contributed by atoms with van der Waals surface area (Å²) in [6.07, 6.45) is 3.50. The van der Waals surface area contributed by atoms with Gasteiger partial charge in [0.25, 0.3) is 0 Å². The SMILES string of the molecule is O=C=NC1(c2cc(Cl)cs2)CC1. The third-order valence-electron chi connectivity index (χ3n) is 2.01. The Morgan fingerprint density at radius 1 is 1.67 bits per heavy atom. The van der Waals surface area contributed by atoms with Crippen LogP contribution in [0.15, 0.2) is 16.4 Å².